The van der Waals surface area contributed by atoms with E-state index in [9.17, 15) is 0 Å². The van der Waals surface area contributed by atoms with Crippen LogP contribution in [0.5, 0.6) is 0 Å². The zero-order valence-electron chi connectivity index (χ0n) is 15.0. The van der Waals surface area contributed by atoms with E-state index in [0.717, 1.165) is 55.4 Å². The number of hydrogen-bond donors (Lipinski definition) is 0. The molecule has 4 heterocycles. The number of aromatic nitrogens is 6. The first-order valence-electron chi connectivity index (χ1n) is 9.17. The number of rotatable bonds is 5. The van der Waals surface area contributed by atoms with Crippen molar-refractivity contribution in [2.75, 3.05) is 18.0 Å². The summed E-state index contributed by atoms with van der Waals surface area (Å²) < 4.78 is 1.92. The fourth-order valence-electron chi connectivity index (χ4n) is 3.47. The highest BCUT2D eigenvalue weighted by atomic mass is 15.3. The molecule has 3 aromatic heterocycles. The summed E-state index contributed by atoms with van der Waals surface area (Å²) in [5.41, 5.74) is 2.08. The van der Waals surface area contributed by atoms with Gasteiger partial charge in [0, 0.05) is 49.4 Å². The molecule has 7 nitrogen and oxygen atoms in total. The third-order valence-corrected chi connectivity index (χ3v) is 4.82. The monoisotopic (exact) mass is 349 g/mol. The molecule has 7 heteroatoms. The third-order valence-electron chi connectivity index (χ3n) is 4.82. The van der Waals surface area contributed by atoms with Crippen LogP contribution in [-0.2, 0) is 13.0 Å². The van der Waals surface area contributed by atoms with Gasteiger partial charge in [0.15, 0.2) is 5.82 Å². The van der Waals surface area contributed by atoms with Gasteiger partial charge < -0.3 is 4.90 Å². The quantitative estimate of drug-likeness (QED) is 0.705. The molecule has 0 spiro atoms. The maximum absolute atomic E-state index is 4.86. The fourth-order valence-corrected chi connectivity index (χ4v) is 3.47. The van der Waals surface area contributed by atoms with Crippen LogP contribution in [0.15, 0.2) is 43.2 Å². The number of pyridine rings is 1. The number of piperidine rings is 1. The van der Waals surface area contributed by atoms with Crippen LogP contribution >= 0.6 is 0 Å². The average molecular weight is 349 g/mol. The van der Waals surface area contributed by atoms with E-state index in [1.165, 1.54) is 6.42 Å². The van der Waals surface area contributed by atoms with Crippen LogP contribution in [0.3, 0.4) is 0 Å². The second-order valence-corrected chi connectivity index (χ2v) is 6.70. The van der Waals surface area contributed by atoms with Crippen molar-refractivity contribution in [3.8, 4) is 11.4 Å². The summed E-state index contributed by atoms with van der Waals surface area (Å²) in [6.07, 6.45) is 10.2. The van der Waals surface area contributed by atoms with Gasteiger partial charge in [-0.15, -0.1) is 0 Å². The molecule has 0 N–H and O–H groups in total. The van der Waals surface area contributed by atoms with Crippen molar-refractivity contribution in [2.45, 2.75) is 32.7 Å². The largest absolute Gasteiger partial charge is 0.356 e. The summed E-state index contributed by atoms with van der Waals surface area (Å²) in [6.45, 7) is 5.05. The minimum absolute atomic E-state index is 0.551. The van der Waals surface area contributed by atoms with Crippen LogP contribution in [-0.4, -0.2) is 42.8 Å². The number of hydrogen-bond acceptors (Lipinski definition) is 6. The van der Waals surface area contributed by atoms with Crippen molar-refractivity contribution in [2.24, 2.45) is 5.92 Å². The number of nitrogens with zero attached hydrogens (tertiary/aromatic N) is 7. The van der Waals surface area contributed by atoms with E-state index in [2.05, 4.69) is 33.0 Å². The molecule has 1 fully saturated rings. The Labute approximate surface area is 153 Å². The van der Waals surface area contributed by atoms with Crippen LogP contribution in [0.25, 0.3) is 11.4 Å². The molecular weight excluding hydrogens is 326 g/mol. The van der Waals surface area contributed by atoms with Crippen molar-refractivity contribution in [1.82, 2.24) is 29.7 Å². The molecule has 0 saturated carbocycles. The SMILES string of the molecule is CCc1cc(N2CCC[C@@H](Cn3cncn3)C2)nc(-c2ccncc2)n1. The first kappa shape index (κ1) is 16.6. The average Bonchev–Trinajstić information content (AvgIpc) is 3.21. The Morgan fingerprint density at radius 3 is 2.81 bits per heavy atom. The van der Waals surface area contributed by atoms with Crippen molar-refractivity contribution in [1.29, 1.82) is 0 Å². The Hall–Kier alpha value is -2.83. The molecular formula is C19H23N7. The molecule has 1 atom stereocenters. The van der Waals surface area contributed by atoms with Crippen LogP contribution < -0.4 is 4.90 Å². The van der Waals surface area contributed by atoms with Crippen molar-refractivity contribution >= 4 is 5.82 Å². The minimum Gasteiger partial charge on any atom is -0.356 e. The Morgan fingerprint density at radius 2 is 2.04 bits per heavy atom. The lowest BCUT2D eigenvalue weighted by molar-refractivity contribution is 0.350. The molecule has 0 unspecified atom stereocenters. The van der Waals surface area contributed by atoms with Crippen LogP contribution in [0, 0.1) is 5.92 Å². The molecule has 0 aromatic carbocycles. The Morgan fingerprint density at radius 1 is 1.15 bits per heavy atom. The molecule has 0 amide bonds. The van der Waals surface area contributed by atoms with Crippen molar-refractivity contribution in [3.05, 3.63) is 48.9 Å². The number of aryl methyl sites for hydroxylation is 1. The highest BCUT2D eigenvalue weighted by Gasteiger charge is 2.22. The first-order chi connectivity index (χ1) is 12.8. The highest BCUT2D eigenvalue weighted by Crippen LogP contribution is 2.25. The topological polar surface area (TPSA) is 72.6 Å². The lowest BCUT2D eigenvalue weighted by Gasteiger charge is -2.33. The molecule has 0 radical (unpaired) electrons. The zero-order valence-corrected chi connectivity index (χ0v) is 15.0. The van der Waals surface area contributed by atoms with E-state index in [-0.39, 0.29) is 0 Å². The van der Waals surface area contributed by atoms with E-state index < -0.39 is 0 Å². The minimum atomic E-state index is 0.551. The van der Waals surface area contributed by atoms with Crippen molar-refractivity contribution < 1.29 is 0 Å². The molecule has 3 aromatic rings. The molecule has 134 valence electrons. The predicted molar refractivity (Wildman–Crippen MR) is 99.6 cm³/mol. The van der Waals surface area contributed by atoms with Gasteiger partial charge in [-0.25, -0.2) is 15.0 Å². The summed E-state index contributed by atoms with van der Waals surface area (Å²) in [7, 11) is 0. The summed E-state index contributed by atoms with van der Waals surface area (Å²) in [4.78, 5) is 20.1. The Balaban J connectivity index is 1.58. The van der Waals surface area contributed by atoms with Crippen LogP contribution in [0.2, 0.25) is 0 Å². The molecule has 0 aliphatic carbocycles. The lowest BCUT2D eigenvalue weighted by Crippen LogP contribution is -2.37. The van der Waals surface area contributed by atoms with Gasteiger partial charge >= 0.3 is 0 Å². The standard InChI is InChI=1S/C19H23N7/c1-2-17-10-18(24-19(23-17)16-5-7-20-8-6-16)25-9-3-4-15(11-25)12-26-14-21-13-22-26/h5-8,10,13-15H,2-4,9,11-12H2,1H3/t15-/m1/s1. The summed E-state index contributed by atoms with van der Waals surface area (Å²) in [6, 6.07) is 6.05. The second kappa shape index (κ2) is 7.59. The van der Waals surface area contributed by atoms with E-state index in [0.29, 0.717) is 5.92 Å². The smallest absolute Gasteiger partial charge is 0.161 e. The van der Waals surface area contributed by atoms with Crippen molar-refractivity contribution in [3.63, 3.8) is 0 Å². The van der Waals surface area contributed by atoms with E-state index >= 15 is 0 Å². The maximum Gasteiger partial charge on any atom is 0.161 e. The molecule has 1 aliphatic heterocycles. The first-order valence-corrected chi connectivity index (χ1v) is 9.17. The Bertz CT molecular complexity index is 832. The van der Waals surface area contributed by atoms with E-state index in [1.807, 2.05) is 16.8 Å². The molecule has 0 bridgehead atoms. The second-order valence-electron chi connectivity index (χ2n) is 6.70. The van der Waals surface area contributed by atoms with Gasteiger partial charge in [-0.1, -0.05) is 6.92 Å². The number of anilines is 1. The molecule has 1 aliphatic rings. The van der Waals surface area contributed by atoms with Crippen LogP contribution in [0.1, 0.15) is 25.5 Å². The van der Waals surface area contributed by atoms with E-state index in [1.54, 1.807) is 25.0 Å². The predicted octanol–water partition coefficient (Wildman–Crippen LogP) is 2.61. The van der Waals surface area contributed by atoms with Gasteiger partial charge in [-0.05, 0) is 37.3 Å². The van der Waals surface area contributed by atoms with Gasteiger partial charge in [-0.2, -0.15) is 5.10 Å². The maximum atomic E-state index is 4.86. The van der Waals surface area contributed by atoms with E-state index in [4.69, 9.17) is 9.97 Å². The van der Waals surface area contributed by atoms with Gasteiger partial charge in [0.05, 0.1) is 0 Å². The van der Waals surface area contributed by atoms with Gasteiger partial charge in [-0.3, -0.25) is 9.67 Å². The van der Waals surface area contributed by atoms with Gasteiger partial charge in [0.1, 0.15) is 18.5 Å². The molecule has 1 saturated heterocycles. The zero-order chi connectivity index (χ0) is 17.8. The van der Waals surface area contributed by atoms with Gasteiger partial charge in [0.2, 0.25) is 0 Å². The summed E-state index contributed by atoms with van der Waals surface area (Å²) in [5.74, 6) is 2.35. The molecule has 4 rings (SSSR count). The third kappa shape index (κ3) is 3.71. The lowest BCUT2D eigenvalue weighted by atomic mass is 9.98. The van der Waals surface area contributed by atoms with Crippen LogP contribution in [0.4, 0.5) is 5.82 Å². The normalized spacial score (nSPS) is 17.4. The molecule has 26 heavy (non-hydrogen) atoms. The highest BCUT2D eigenvalue weighted by molar-refractivity contribution is 5.57. The van der Waals surface area contributed by atoms with Gasteiger partial charge in [0.25, 0.3) is 0 Å². The Kier molecular flexibility index (Phi) is 4.86. The summed E-state index contributed by atoms with van der Waals surface area (Å²) in [5, 5.41) is 4.24. The summed E-state index contributed by atoms with van der Waals surface area (Å²) >= 11 is 0. The fraction of sp³-hybridized carbons (Fsp3) is 0.421.